The molecule has 0 radical (unpaired) electrons. The van der Waals surface area contributed by atoms with Crippen molar-refractivity contribution in [3.8, 4) is 11.9 Å². The third-order valence-corrected chi connectivity index (χ3v) is 5.02. The number of nitriles is 1. The topological polar surface area (TPSA) is 168 Å². The first kappa shape index (κ1) is 19.0. The molecule has 0 spiro atoms. The van der Waals surface area contributed by atoms with Gasteiger partial charge in [0.05, 0.1) is 22.3 Å². The summed E-state index contributed by atoms with van der Waals surface area (Å²) in [5.41, 5.74) is -0.769. The Kier molecular flexibility index (Phi) is 4.16. The number of hydrogen-bond donors (Lipinski definition) is 4. The van der Waals surface area contributed by atoms with E-state index < -0.39 is 22.7 Å². The number of H-pyrrole nitrogens is 3. The average Bonchev–Trinajstić information content (AvgIpc) is 3.13. The fourth-order valence-electron chi connectivity index (χ4n) is 3.63. The molecular weight excluding hydrogens is 412 g/mol. The predicted molar refractivity (Wildman–Crippen MR) is 116 cm³/mol. The van der Waals surface area contributed by atoms with Gasteiger partial charge in [-0.15, -0.1) is 0 Å². The van der Waals surface area contributed by atoms with E-state index in [1.165, 1.54) is 0 Å². The molecule has 3 heterocycles. The molecule has 1 aliphatic rings. The molecule has 154 valence electrons. The highest BCUT2D eigenvalue weighted by atomic mass is 16.3. The number of aromatic nitrogens is 4. The van der Waals surface area contributed by atoms with Crippen molar-refractivity contribution in [1.82, 2.24) is 19.9 Å². The molecule has 2 aromatic heterocycles. The number of aromatic hydroxyl groups is 1. The van der Waals surface area contributed by atoms with E-state index in [-0.39, 0.29) is 28.4 Å². The Hall–Kier alpha value is -5.04. The minimum Gasteiger partial charge on any atom is -0.494 e. The number of nitrogens with zero attached hydrogens (tertiary/aromatic N) is 3. The quantitative estimate of drug-likeness (QED) is 0.353. The molecule has 0 atom stereocenters. The van der Waals surface area contributed by atoms with Crippen LogP contribution in [0.5, 0.6) is 5.88 Å². The van der Waals surface area contributed by atoms with Crippen molar-refractivity contribution in [3.63, 3.8) is 0 Å². The summed E-state index contributed by atoms with van der Waals surface area (Å²) in [6, 6.07) is 15.5. The van der Waals surface area contributed by atoms with Crippen LogP contribution in [0.15, 0.2) is 67.9 Å². The molecular formula is C22H12N6O4. The van der Waals surface area contributed by atoms with E-state index in [2.05, 4.69) is 24.9 Å². The van der Waals surface area contributed by atoms with Crippen LogP contribution in [0.4, 0.5) is 0 Å². The average molecular weight is 424 g/mol. The van der Waals surface area contributed by atoms with Crippen LogP contribution < -0.4 is 16.8 Å². The van der Waals surface area contributed by atoms with Gasteiger partial charge in [-0.05, 0) is 12.1 Å². The van der Waals surface area contributed by atoms with Gasteiger partial charge in [0.25, 0.3) is 11.1 Å². The van der Waals surface area contributed by atoms with E-state index in [1.807, 2.05) is 6.07 Å². The molecule has 10 nitrogen and oxygen atoms in total. The van der Waals surface area contributed by atoms with E-state index in [9.17, 15) is 24.8 Å². The summed E-state index contributed by atoms with van der Waals surface area (Å²) in [5, 5.41) is 20.5. The third-order valence-electron chi connectivity index (χ3n) is 5.02. The maximum Gasteiger partial charge on any atom is 0.328 e. The van der Waals surface area contributed by atoms with Gasteiger partial charge < -0.3 is 10.1 Å². The summed E-state index contributed by atoms with van der Waals surface area (Å²) in [4.78, 5) is 52.0. The minimum atomic E-state index is -0.866. The molecule has 1 aliphatic heterocycles. The van der Waals surface area contributed by atoms with E-state index in [0.717, 1.165) is 0 Å². The van der Waals surface area contributed by atoms with Gasteiger partial charge in [0.2, 0.25) is 5.88 Å². The van der Waals surface area contributed by atoms with Crippen molar-refractivity contribution in [2.45, 2.75) is 0 Å². The Balaban J connectivity index is 1.83. The fourth-order valence-corrected chi connectivity index (χ4v) is 3.63. The molecule has 0 amide bonds. The standard InChI is InChI=1S/C22H12N6O4/c23-9-13(18-24-14-8-4-3-7-12(14)19(29)26-18)16-10-5-1-2-6-11(10)17(25-16)15-20(30)27-22(32)28-21(15)31/h1-8H,(H,24,26,29)(H3,27,28,30,31,32)/b16-13-. The summed E-state index contributed by atoms with van der Waals surface area (Å²) < 4.78 is 0. The van der Waals surface area contributed by atoms with Crippen LogP contribution in [0, 0.1) is 11.3 Å². The number of aromatic amines is 3. The second-order valence-electron chi connectivity index (χ2n) is 6.90. The van der Waals surface area contributed by atoms with Crippen LogP contribution >= 0.6 is 0 Å². The lowest BCUT2D eigenvalue weighted by Crippen LogP contribution is -2.27. The van der Waals surface area contributed by atoms with Gasteiger partial charge in [-0.1, -0.05) is 36.4 Å². The van der Waals surface area contributed by atoms with Gasteiger partial charge in [-0.3, -0.25) is 19.6 Å². The zero-order valence-electron chi connectivity index (χ0n) is 16.1. The molecule has 10 heteroatoms. The smallest absolute Gasteiger partial charge is 0.328 e. The van der Waals surface area contributed by atoms with E-state index >= 15 is 0 Å². The Morgan fingerprint density at radius 1 is 0.906 bits per heavy atom. The predicted octanol–water partition coefficient (Wildman–Crippen LogP) is 1.25. The summed E-state index contributed by atoms with van der Waals surface area (Å²) in [5.74, 6) is -0.630. The van der Waals surface area contributed by atoms with Crippen molar-refractivity contribution < 1.29 is 5.11 Å². The highest BCUT2D eigenvalue weighted by molar-refractivity contribution is 6.23. The number of benzene rings is 2. The molecule has 0 unspecified atom stereocenters. The van der Waals surface area contributed by atoms with Crippen molar-refractivity contribution >= 4 is 27.9 Å². The molecule has 4 N–H and O–H groups in total. The molecule has 0 saturated carbocycles. The Bertz CT molecular complexity index is 1720. The maximum absolute atomic E-state index is 12.5. The van der Waals surface area contributed by atoms with Crippen molar-refractivity contribution in [3.05, 3.63) is 102 Å². The first-order valence-electron chi connectivity index (χ1n) is 9.36. The Labute approximate surface area is 177 Å². The monoisotopic (exact) mass is 424 g/mol. The Morgan fingerprint density at radius 2 is 1.62 bits per heavy atom. The normalized spacial score (nSPS) is 14.0. The zero-order valence-corrected chi connectivity index (χ0v) is 16.1. The van der Waals surface area contributed by atoms with Crippen LogP contribution in [0.1, 0.15) is 22.5 Å². The molecule has 0 bridgehead atoms. The summed E-state index contributed by atoms with van der Waals surface area (Å²) in [7, 11) is 0. The van der Waals surface area contributed by atoms with Crippen LogP contribution in [-0.2, 0) is 0 Å². The molecule has 4 aromatic rings. The SMILES string of the molecule is N#C/C(=C1/N=C(c2c(O)[nH]c(=O)[nH]c2=O)c2ccccc21)c1nc2ccccc2c(=O)[nH]1. The van der Waals surface area contributed by atoms with Crippen LogP contribution in [0.2, 0.25) is 0 Å². The summed E-state index contributed by atoms with van der Waals surface area (Å²) in [6.07, 6.45) is 0. The van der Waals surface area contributed by atoms with Gasteiger partial charge in [-0.25, -0.2) is 14.8 Å². The van der Waals surface area contributed by atoms with Crippen molar-refractivity contribution in [2.75, 3.05) is 0 Å². The number of rotatable bonds is 2. The van der Waals surface area contributed by atoms with Crippen LogP contribution in [0.3, 0.4) is 0 Å². The lowest BCUT2D eigenvalue weighted by Gasteiger charge is -2.05. The second-order valence-corrected chi connectivity index (χ2v) is 6.90. The molecule has 32 heavy (non-hydrogen) atoms. The second kappa shape index (κ2) is 7.03. The highest BCUT2D eigenvalue weighted by Gasteiger charge is 2.29. The van der Waals surface area contributed by atoms with Gasteiger partial charge in [0.15, 0.2) is 5.82 Å². The Morgan fingerprint density at radius 3 is 2.38 bits per heavy atom. The van der Waals surface area contributed by atoms with Crippen LogP contribution in [-0.4, -0.2) is 30.8 Å². The molecule has 5 rings (SSSR count). The van der Waals surface area contributed by atoms with Gasteiger partial charge in [-0.2, -0.15) is 5.26 Å². The molecule has 0 aliphatic carbocycles. The maximum atomic E-state index is 12.5. The number of fused-ring (bicyclic) bond motifs is 2. The third kappa shape index (κ3) is 2.85. The molecule has 0 saturated heterocycles. The first-order chi connectivity index (χ1) is 15.5. The van der Waals surface area contributed by atoms with Crippen molar-refractivity contribution in [2.24, 2.45) is 4.99 Å². The van der Waals surface area contributed by atoms with Crippen molar-refractivity contribution in [1.29, 1.82) is 5.26 Å². The number of para-hydroxylation sites is 1. The number of hydrogen-bond acceptors (Lipinski definition) is 7. The van der Waals surface area contributed by atoms with E-state index in [4.69, 9.17) is 0 Å². The number of allylic oxidation sites excluding steroid dienone is 1. The fraction of sp³-hybridized carbons (Fsp3) is 0. The zero-order chi connectivity index (χ0) is 22.4. The first-order valence-corrected chi connectivity index (χ1v) is 9.36. The van der Waals surface area contributed by atoms with E-state index in [0.29, 0.717) is 22.0 Å². The summed E-state index contributed by atoms with van der Waals surface area (Å²) in [6.45, 7) is 0. The number of aliphatic imine (C=N–C) groups is 1. The number of nitrogens with one attached hydrogen (secondary N) is 3. The largest absolute Gasteiger partial charge is 0.494 e. The van der Waals surface area contributed by atoms with E-state index in [1.54, 1.807) is 48.5 Å². The van der Waals surface area contributed by atoms with Gasteiger partial charge >= 0.3 is 5.69 Å². The molecule has 2 aromatic carbocycles. The molecule has 0 fully saturated rings. The highest BCUT2D eigenvalue weighted by Crippen LogP contribution is 2.36. The van der Waals surface area contributed by atoms with Crippen LogP contribution in [0.25, 0.3) is 22.2 Å². The lowest BCUT2D eigenvalue weighted by atomic mass is 9.99. The van der Waals surface area contributed by atoms with Gasteiger partial charge in [0.1, 0.15) is 17.2 Å². The van der Waals surface area contributed by atoms with Gasteiger partial charge in [0, 0.05) is 11.1 Å². The minimum absolute atomic E-state index is 0.0179. The lowest BCUT2D eigenvalue weighted by molar-refractivity contribution is 0.447. The summed E-state index contributed by atoms with van der Waals surface area (Å²) >= 11 is 0.